The second kappa shape index (κ2) is 13.4. The third-order valence-corrected chi connectivity index (χ3v) is 12.4. The van der Waals surface area contributed by atoms with Crippen LogP contribution in [-0.4, -0.2) is 51.8 Å². The summed E-state index contributed by atoms with van der Waals surface area (Å²) in [6, 6.07) is 17.6. The summed E-state index contributed by atoms with van der Waals surface area (Å²) in [5.41, 5.74) is 6.02. The molecule has 2 aromatic carbocycles. The minimum absolute atomic E-state index is 0.0883. The molecule has 43 heavy (non-hydrogen) atoms. The van der Waals surface area contributed by atoms with Crippen molar-refractivity contribution < 1.29 is 19.8 Å². The average molecular weight is 603 g/mol. The molecule has 0 bridgehead atoms. The number of aromatic amines is 1. The van der Waals surface area contributed by atoms with E-state index in [1.54, 1.807) is 12.3 Å². The van der Waals surface area contributed by atoms with E-state index in [4.69, 9.17) is 0 Å². The predicted octanol–water partition coefficient (Wildman–Crippen LogP) is 5.67. The van der Waals surface area contributed by atoms with E-state index in [2.05, 4.69) is 53.5 Å². The lowest BCUT2D eigenvalue weighted by Crippen LogP contribution is -2.41. The molecule has 0 saturated heterocycles. The molecule has 0 spiro atoms. The lowest BCUT2D eigenvalue weighted by molar-refractivity contribution is 0.0946. The third-order valence-electron chi connectivity index (χ3n) is 8.88. The number of H-pyrrole nitrogens is 1. The number of aryl methyl sites for hydroxylation is 1. The number of hydrogen-bond donors (Lipinski definition) is 6. The Hall–Kier alpha value is -3.50. The number of benzene rings is 2. The lowest BCUT2D eigenvalue weighted by Gasteiger charge is -2.38. The normalized spacial score (nSPS) is 13.7. The molecule has 0 radical (unpaired) electrons. The van der Waals surface area contributed by atoms with Gasteiger partial charge in [0.25, 0.3) is 5.91 Å². The maximum absolute atomic E-state index is 12.8. The van der Waals surface area contributed by atoms with Gasteiger partial charge in [0.05, 0.1) is 18.8 Å². The number of amides is 1. The number of hydrogen-bond acceptors (Lipinski definition) is 6. The number of aromatic hydroxyl groups is 1. The van der Waals surface area contributed by atoms with E-state index in [1.165, 1.54) is 0 Å². The number of rotatable bonds is 13. The molecule has 1 amide bonds. The monoisotopic (exact) mass is 602 g/mol. The topological polar surface area (TPSA) is 130 Å². The number of aliphatic hydroxyl groups excluding tert-OH is 1. The molecule has 230 valence electrons. The van der Waals surface area contributed by atoms with Gasteiger partial charge in [-0.1, -0.05) is 32.0 Å². The molecule has 0 aliphatic carbocycles. The fraction of sp³-hybridized carbons (Fsp3) is 0.412. The van der Waals surface area contributed by atoms with Crippen molar-refractivity contribution in [2.24, 2.45) is 0 Å². The standard InChI is InChI=1S/C34H46N4O4Si/c1-22-8-7-13-35-31(22)20-37-33(41)30-17-26-15-24(9-11-29(26)38-30)14-23(2)36-19-28(18-34(3,4)43(5,6)42)25-10-12-32(40)27(16-25)21-39/h7-13,15-17,23,28,36,38-40,42H,14,18-21H2,1-6H3,(H,37,41)/t23-,28+/m1/s1. The molecular formula is C34H46N4O4Si. The van der Waals surface area contributed by atoms with E-state index >= 15 is 0 Å². The van der Waals surface area contributed by atoms with Crippen LogP contribution in [0.3, 0.4) is 0 Å². The fourth-order valence-corrected chi connectivity index (χ4v) is 6.07. The van der Waals surface area contributed by atoms with E-state index in [9.17, 15) is 19.8 Å². The second-order valence-electron chi connectivity index (χ2n) is 13.0. The number of carbonyl (C=O) groups is 1. The second-order valence-corrected chi connectivity index (χ2v) is 17.4. The van der Waals surface area contributed by atoms with Crippen LogP contribution in [0.2, 0.25) is 18.1 Å². The Morgan fingerprint density at radius 2 is 1.88 bits per heavy atom. The predicted molar refractivity (Wildman–Crippen MR) is 175 cm³/mol. The Morgan fingerprint density at radius 3 is 2.58 bits per heavy atom. The van der Waals surface area contributed by atoms with Gasteiger partial charge in [-0.05, 0) is 104 Å². The summed E-state index contributed by atoms with van der Waals surface area (Å²) in [5.74, 6) is 0.0106. The summed E-state index contributed by atoms with van der Waals surface area (Å²) >= 11 is 0. The van der Waals surface area contributed by atoms with Crippen molar-refractivity contribution >= 4 is 25.1 Å². The zero-order valence-corrected chi connectivity index (χ0v) is 27.2. The summed E-state index contributed by atoms with van der Waals surface area (Å²) in [7, 11) is -2.45. The van der Waals surface area contributed by atoms with Crippen molar-refractivity contribution in [3.8, 4) is 5.75 Å². The highest BCUT2D eigenvalue weighted by atomic mass is 28.4. The molecule has 0 unspecified atom stereocenters. The van der Waals surface area contributed by atoms with Gasteiger partial charge < -0.3 is 30.6 Å². The van der Waals surface area contributed by atoms with Crippen LogP contribution >= 0.6 is 0 Å². The average Bonchev–Trinajstić information content (AvgIpc) is 3.38. The summed E-state index contributed by atoms with van der Waals surface area (Å²) in [6.07, 6.45) is 3.31. The molecule has 6 N–H and O–H groups in total. The van der Waals surface area contributed by atoms with Crippen LogP contribution in [0, 0.1) is 6.92 Å². The quantitative estimate of drug-likeness (QED) is 0.109. The number of pyridine rings is 1. The van der Waals surface area contributed by atoms with Crippen LogP contribution in [0.25, 0.3) is 10.9 Å². The molecular weight excluding hydrogens is 556 g/mol. The van der Waals surface area contributed by atoms with Crippen LogP contribution in [0.5, 0.6) is 5.75 Å². The van der Waals surface area contributed by atoms with E-state index in [0.717, 1.165) is 46.1 Å². The smallest absolute Gasteiger partial charge is 0.268 e. The first kappa shape index (κ1) is 32.4. The molecule has 9 heteroatoms. The van der Waals surface area contributed by atoms with Gasteiger partial charge in [-0.3, -0.25) is 9.78 Å². The maximum Gasteiger partial charge on any atom is 0.268 e. The zero-order chi connectivity index (χ0) is 31.4. The Morgan fingerprint density at radius 1 is 1.12 bits per heavy atom. The first-order valence-corrected chi connectivity index (χ1v) is 17.9. The van der Waals surface area contributed by atoms with E-state index in [1.807, 2.05) is 56.4 Å². The van der Waals surface area contributed by atoms with Crippen molar-refractivity contribution in [3.05, 3.63) is 94.4 Å². The first-order valence-electron chi connectivity index (χ1n) is 15.0. The molecule has 2 aromatic heterocycles. The van der Waals surface area contributed by atoms with E-state index < -0.39 is 8.32 Å². The van der Waals surface area contributed by atoms with Gasteiger partial charge in [-0.25, -0.2) is 0 Å². The summed E-state index contributed by atoms with van der Waals surface area (Å²) in [4.78, 5) is 31.4. The summed E-state index contributed by atoms with van der Waals surface area (Å²) in [5, 5.41) is 27.2. The van der Waals surface area contributed by atoms with Crippen molar-refractivity contribution in [1.29, 1.82) is 0 Å². The Kier molecular flexibility index (Phi) is 10.1. The molecule has 2 atom stereocenters. The summed E-state index contributed by atoms with van der Waals surface area (Å²) in [6.45, 7) is 13.2. The van der Waals surface area contributed by atoms with Gasteiger partial charge in [0.1, 0.15) is 11.4 Å². The maximum atomic E-state index is 12.8. The van der Waals surface area contributed by atoms with Crippen LogP contribution in [-0.2, 0) is 19.6 Å². The van der Waals surface area contributed by atoms with Gasteiger partial charge in [-0.15, -0.1) is 0 Å². The van der Waals surface area contributed by atoms with Gasteiger partial charge >= 0.3 is 0 Å². The SMILES string of the molecule is Cc1cccnc1CNC(=O)c1cc2cc(C[C@@H](C)NC[C@H](CC(C)(C)[Si](C)(C)O)c3ccc(O)c(CO)c3)ccc2[nH]1. The van der Waals surface area contributed by atoms with E-state index in [-0.39, 0.29) is 35.3 Å². The molecule has 0 aliphatic rings. The third kappa shape index (κ3) is 8.11. The minimum atomic E-state index is -2.45. The first-order chi connectivity index (χ1) is 20.3. The number of nitrogens with zero attached hydrogens (tertiary/aromatic N) is 1. The number of phenols is 1. The molecule has 0 fully saturated rings. The zero-order valence-electron chi connectivity index (χ0n) is 26.2. The van der Waals surface area contributed by atoms with Crippen molar-refractivity contribution in [3.63, 3.8) is 0 Å². The molecule has 2 heterocycles. The number of aliphatic hydroxyl groups is 1. The Labute approximate surface area is 255 Å². The highest BCUT2D eigenvalue weighted by Crippen LogP contribution is 2.44. The minimum Gasteiger partial charge on any atom is -0.508 e. The Bertz CT molecular complexity index is 1560. The molecule has 8 nitrogen and oxygen atoms in total. The molecule has 0 aliphatic heterocycles. The van der Waals surface area contributed by atoms with Gasteiger partial charge in [-0.2, -0.15) is 0 Å². The van der Waals surface area contributed by atoms with Crippen LogP contribution in [0.4, 0.5) is 0 Å². The molecule has 0 saturated carbocycles. The highest BCUT2D eigenvalue weighted by molar-refractivity contribution is 6.72. The molecule has 4 rings (SSSR count). The number of nitrogens with one attached hydrogen (secondary N) is 3. The number of fused-ring (bicyclic) bond motifs is 1. The highest BCUT2D eigenvalue weighted by Gasteiger charge is 2.40. The van der Waals surface area contributed by atoms with Crippen LogP contribution in [0.1, 0.15) is 71.5 Å². The van der Waals surface area contributed by atoms with Crippen molar-refractivity contribution in [2.75, 3.05) is 6.54 Å². The van der Waals surface area contributed by atoms with Gasteiger partial charge in [0.15, 0.2) is 8.32 Å². The fourth-order valence-electron chi connectivity index (χ4n) is 5.32. The largest absolute Gasteiger partial charge is 0.508 e. The van der Waals surface area contributed by atoms with Crippen molar-refractivity contribution in [1.82, 2.24) is 20.6 Å². The summed E-state index contributed by atoms with van der Waals surface area (Å²) < 4.78 is 0. The molecule has 4 aromatic rings. The lowest BCUT2D eigenvalue weighted by atomic mass is 9.88. The number of aromatic nitrogens is 2. The van der Waals surface area contributed by atoms with Gasteiger partial charge in [0, 0.05) is 35.2 Å². The van der Waals surface area contributed by atoms with Crippen molar-refractivity contribution in [2.45, 2.75) is 83.8 Å². The van der Waals surface area contributed by atoms with Gasteiger partial charge in [0.2, 0.25) is 0 Å². The van der Waals surface area contributed by atoms with E-state index in [0.29, 0.717) is 24.3 Å². The van der Waals surface area contributed by atoms with Crippen LogP contribution < -0.4 is 10.6 Å². The van der Waals surface area contributed by atoms with Crippen LogP contribution in [0.15, 0.2) is 60.8 Å². The number of carbonyl (C=O) groups excluding carboxylic acids is 1. The Balaban J connectivity index is 1.42.